The van der Waals surface area contributed by atoms with Crippen LogP contribution in [-0.2, 0) is 24.3 Å². The number of sulfonamides is 1. The molecule has 0 aromatic rings. The van der Waals surface area contributed by atoms with Crippen LogP contribution in [0.5, 0.6) is 0 Å². The van der Waals surface area contributed by atoms with Crippen LogP contribution in [0.3, 0.4) is 0 Å². The minimum Gasteiger partial charge on any atom is -0.480 e. The summed E-state index contributed by atoms with van der Waals surface area (Å²) in [5, 5.41) is 17.7. The standard InChI is InChI=1S/C8H15NO7S/c1-3-16-6(11)4-17(14,15)9-7(5(2)10)8(12)13/h5,7,9-10H,3-4H2,1-2H3,(H,12,13). The van der Waals surface area contributed by atoms with Crippen molar-refractivity contribution >= 4 is 22.0 Å². The third-order valence-corrected chi connectivity index (χ3v) is 2.90. The number of aliphatic hydroxyl groups is 1. The van der Waals surface area contributed by atoms with Gasteiger partial charge in [0.2, 0.25) is 10.0 Å². The van der Waals surface area contributed by atoms with E-state index in [1.165, 1.54) is 6.92 Å². The third kappa shape index (κ3) is 6.19. The van der Waals surface area contributed by atoms with Crippen LogP contribution < -0.4 is 4.72 Å². The quantitative estimate of drug-likeness (QED) is 0.470. The molecule has 0 amide bonds. The molecule has 0 aliphatic heterocycles. The van der Waals surface area contributed by atoms with Gasteiger partial charge in [-0.15, -0.1) is 0 Å². The fourth-order valence-electron chi connectivity index (χ4n) is 0.948. The molecule has 2 atom stereocenters. The summed E-state index contributed by atoms with van der Waals surface area (Å²) in [6, 6.07) is -1.70. The summed E-state index contributed by atoms with van der Waals surface area (Å²) < 4.78 is 28.8. The first-order chi connectivity index (χ1) is 7.69. The molecule has 0 rings (SSSR count). The van der Waals surface area contributed by atoms with Gasteiger partial charge in [-0.25, -0.2) is 8.42 Å². The lowest BCUT2D eigenvalue weighted by atomic mass is 10.2. The number of hydrogen-bond acceptors (Lipinski definition) is 6. The van der Waals surface area contributed by atoms with Gasteiger partial charge in [-0.2, -0.15) is 4.72 Å². The number of aliphatic hydroxyl groups excluding tert-OH is 1. The molecule has 0 aromatic carbocycles. The van der Waals surface area contributed by atoms with Crippen LogP contribution in [0.1, 0.15) is 13.8 Å². The molecule has 3 N–H and O–H groups in total. The molecule has 0 saturated carbocycles. The number of nitrogens with one attached hydrogen (secondary N) is 1. The highest BCUT2D eigenvalue weighted by atomic mass is 32.2. The van der Waals surface area contributed by atoms with E-state index in [9.17, 15) is 18.0 Å². The summed E-state index contributed by atoms with van der Waals surface area (Å²) in [5.41, 5.74) is 0. The van der Waals surface area contributed by atoms with Crippen molar-refractivity contribution in [1.82, 2.24) is 4.72 Å². The SMILES string of the molecule is CCOC(=O)CS(=O)(=O)NC(C(=O)O)C(C)O. The highest BCUT2D eigenvalue weighted by Crippen LogP contribution is 1.98. The van der Waals surface area contributed by atoms with E-state index in [-0.39, 0.29) is 6.61 Å². The molecule has 100 valence electrons. The summed E-state index contributed by atoms with van der Waals surface area (Å²) in [7, 11) is -4.16. The Morgan fingerprint density at radius 2 is 1.94 bits per heavy atom. The third-order valence-electron chi connectivity index (χ3n) is 1.67. The summed E-state index contributed by atoms with van der Waals surface area (Å²) in [6.45, 7) is 2.65. The van der Waals surface area contributed by atoms with Crippen LogP contribution >= 0.6 is 0 Å². The zero-order chi connectivity index (χ0) is 13.6. The molecule has 0 spiro atoms. The predicted octanol–water partition coefficient (Wildman–Crippen LogP) is -1.70. The van der Waals surface area contributed by atoms with Crippen LogP contribution in [0.25, 0.3) is 0 Å². The maximum absolute atomic E-state index is 11.3. The summed E-state index contributed by atoms with van der Waals surface area (Å²) in [6.07, 6.45) is -1.43. The average molecular weight is 269 g/mol. The van der Waals surface area contributed by atoms with E-state index in [2.05, 4.69) is 4.74 Å². The number of carbonyl (C=O) groups excluding carboxylic acids is 1. The van der Waals surface area contributed by atoms with Gasteiger partial charge in [0, 0.05) is 0 Å². The Morgan fingerprint density at radius 1 is 1.41 bits per heavy atom. The molecular weight excluding hydrogens is 254 g/mol. The van der Waals surface area contributed by atoms with Gasteiger partial charge in [-0.3, -0.25) is 9.59 Å². The first-order valence-corrected chi connectivity index (χ1v) is 6.41. The van der Waals surface area contributed by atoms with Crippen molar-refractivity contribution in [2.45, 2.75) is 26.0 Å². The van der Waals surface area contributed by atoms with Crippen molar-refractivity contribution in [3.63, 3.8) is 0 Å². The van der Waals surface area contributed by atoms with Crippen molar-refractivity contribution in [3.05, 3.63) is 0 Å². The lowest BCUT2D eigenvalue weighted by molar-refractivity contribution is -0.142. The average Bonchev–Trinajstić information content (AvgIpc) is 2.12. The summed E-state index contributed by atoms with van der Waals surface area (Å²) in [5.74, 6) is -3.51. The zero-order valence-corrected chi connectivity index (χ0v) is 10.2. The molecule has 0 fully saturated rings. The molecular formula is C8H15NO7S. The minimum atomic E-state index is -4.16. The molecule has 0 aliphatic rings. The van der Waals surface area contributed by atoms with Gasteiger partial charge >= 0.3 is 11.9 Å². The number of ether oxygens (including phenoxy) is 1. The Bertz CT molecular complexity index is 375. The van der Waals surface area contributed by atoms with E-state index >= 15 is 0 Å². The zero-order valence-electron chi connectivity index (χ0n) is 9.41. The largest absolute Gasteiger partial charge is 0.480 e. The van der Waals surface area contributed by atoms with Crippen LogP contribution in [-0.4, -0.2) is 55.1 Å². The van der Waals surface area contributed by atoms with E-state index in [1.54, 1.807) is 4.72 Å². The molecule has 2 unspecified atom stereocenters. The first-order valence-electron chi connectivity index (χ1n) is 4.76. The molecule has 0 aliphatic carbocycles. The number of carboxylic acid groups (broad SMARTS) is 1. The minimum absolute atomic E-state index is 0.0209. The fraction of sp³-hybridized carbons (Fsp3) is 0.750. The molecule has 0 radical (unpaired) electrons. The van der Waals surface area contributed by atoms with Crippen LogP contribution in [0.15, 0.2) is 0 Å². The Hall–Kier alpha value is -1.19. The number of hydrogen-bond donors (Lipinski definition) is 3. The fourth-order valence-corrected chi connectivity index (χ4v) is 2.11. The van der Waals surface area contributed by atoms with Gasteiger partial charge in [0.25, 0.3) is 0 Å². The molecule has 0 bridgehead atoms. The van der Waals surface area contributed by atoms with Gasteiger partial charge in [0.05, 0.1) is 12.7 Å². The van der Waals surface area contributed by atoms with Gasteiger partial charge in [0.15, 0.2) is 5.75 Å². The number of esters is 1. The maximum Gasteiger partial charge on any atom is 0.324 e. The highest BCUT2D eigenvalue weighted by Gasteiger charge is 2.29. The smallest absolute Gasteiger partial charge is 0.324 e. The Labute approximate surface area is 98.6 Å². The Kier molecular flexibility index (Phi) is 6.07. The van der Waals surface area contributed by atoms with E-state index in [0.29, 0.717) is 0 Å². The topological polar surface area (TPSA) is 130 Å². The van der Waals surface area contributed by atoms with Crippen LogP contribution in [0.2, 0.25) is 0 Å². The molecule has 0 aromatic heterocycles. The second-order valence-corrected chi connectivity index (χ2v) is 4.99. The lowest BCUT2D eigenvalue weighted by Gasteiger charge is -2.16. The normalized spacial score (nSPS) is 15.0. The molecule has 8 nitrogen and oxygen atoms in total. The van der Waals surface area contributed by atoms with Crippen molar-refractivity contribution < 1.29 is 33.0 Å². The van der Waals surface area contributed by atoms with Gasteiger partial charge < -0.3 is 14.9 Å². The van der Waals surface area contributed by atoms with Crippen LogP contribution in [0.4, 0.5) is 0 Å². The Balaban J connectivity index is 4.63. The number of rotatable bonds is 7. The summed E-state index contributed by atoms with van der Waals surface area (Å²) in [4.78, 5) is 21.6. The van der Waals surface area contributed by atoms with Crippen LogP contribution in [0, 0.1) is 0 Å². The second kappa shape index (κ2) is 6.52. The van der Waals surface area contributed by atoms with Gasteiger partial charge in [-0.05, 0) is 13.8 Å². The monoisotopic (exact) mass is 269 g/mol. The predicted molar refractivity (Wildman–Crippen MR) is 56.7 cm³/mol. The second-order valence-electron chi connectivity index (χ2n) is 3.24. The molecule has 0 saturated heterocycles. The number of carboxylic acids is 1. The van der Waals surface area contributed by atoms with Crippen molar-refractivity contribution in [1.29, 1.82) is 0 Å². The van der Waals surface area contributed by atoms with Gasteiger partial charge in [-0.1, -0.05) is 0 Å². The molecule has 0 heterocycles. The Morgan fingerprint density at radius 3 is 2.29 bits per heavy atom. The maximum atomic E-state index is 11.3. The first kappa shape index (κ1) is 15.8. The molecule has 17 heavy (non-hydrogen) atoms. The van der Waals surface area contributed by atoms with E-state index < -0.39 is 39.9 Å². The number of carbonyl (C=O) groups is 2. The summed E-state index contributed by atoms with van der Waals surface area (Å²) >= 11 is 0. The van der Waals surface area contributed by atoms with E-state index in [0.717, 1.165) is 6.92 Å². The van der Waals surface area contributed by atoms with Crippen molar-refractivity contribution in [2.75, 3.05) is 12.4 Å². The van der Waals surface area contributed by atoms with E-state index in [1.807, 2.05) is 0 Å². The lowest BCUT2D eigenvalue weighted by Crippen LogP contribution is -2.49. The molecule has 9 heteroatoms. The highest BCUT2D eigenvalue weighted by molar-refractivity contribution is 7.90. The van der Waals surface area contributed by atoms with Crippen molar-refractivity contribution in [3.8, 4) is 0 Å². The van der Waals surface area contributed by atoms with E-state index in [4.69, 9.17) is 10.2 Å². The number of aliphatic carboxylic acids is 1. The van der Waals surface area contributed by atoms with Crippen molar-refractivity contribution in [2.24, 2.45) is 0 Å². The van der Waals surface area contributed by atoms with Gasteiger partial charge in [0.1, 0.15) is 6.04 Å².